The van der Waals surface area contributed by atoms with Crippen LogP contribution in [0.15, 0.2) is 0 Å². The smallest absolute Gasteiger partial charge is 0.245 e. The SMILES string of the molecule is CCCCOCCNc1nc(OC)c(N)c(OC)n1. The minimum absolute atomic E-state index is 0.287. The molecule has 0 amide bonds. The van der Waals surface area contributed by atoms with Crippen LogP contribution in [0.1, 0.15) is 19.8 Å². The Balaban J connectivity index is 2.49. The molecule has 0 aromatic carbocycles. The number of unbranched alkanes of at least 4 members (excludes halogenated alkanes) is 1. The molecule has 0 aliphatic rings. The predicted molar refractivity (Wildman–Crippen MR) is 73.8 cm³/mol. The standard InChI is InChI=1S/C12H22N4O3/c1-4-5-7-19-8-6-14-12-15-10(17-2)9(13)11(16-12)18-3/h4-8,13H2,1-3H3,(H,14,15,16). The first-order valence-electron chi connectivity index (χ1n) is 6.30. The van der Waals surface area contributed by atoms with Gasteiger partial charge in [0.2, 0.25) is 17.7 Å². The van der Waals surface area contributed by atoms with Crippen LogP contribution < -0.4 is 20.5 Å². The number of rotatable bonds is 9. The van der Waals surface area contributed by atoms with Crippen molar-refractivity contribution in [3.8, 4) is 11.8 Å². The molecule has 0 fully saturated rings. The van der Waals surface area contributed by atoms with Gasteiger partial charge in [0.15, 0.2) is 5.69 Å². The fourth-order valence-corrected chi connectivity index (χ4v) is 1.40. The maximum absolute atomic E-state index is 5.76. The first-order valence-corrected chi connectivity index (χ1v) is 6.30. The van der Waals surface area contributed by atoms with Gasteiger partial charge in [-0.25, -0.2) is 0 Å². The van der Waals surface area contributed by atoms with E-state index in [-0.39, 0.29) is 5.69 Å². The predicted octanol–water partition coefficient (Wildman–Crippen LogP) is 1.30. The molecular weight excluding hydrogens is 248 g/mol. The number of nitrogen functional groups attached to an aromatic ring is 1. The third kappa shape index (κ3) is 4.78. The zero-order valence-corrected chi connectivity index (χ0v) is 11.7. The summed E-state index contributed by atoms with van der Waals surface area (Å²) < 4.78 is 15.5. The van der Waals surface area contributed by atoms with Gasteiger partial charge in [-0.2, -0.15) is 9.97 Å². The van der Waals surface area contributed by atoms with E-state index >= 15 is 0 Å². The van der Waals surface area contributed by atoms with Crippen molar-refractivity contribution in [3.63, 3.8) is 0 Å². The van der Waals surface area contributed by atoms with Gasteiger partial charge in [0.1, 0.15) is 0 Å². The number of aromatic nitrogens is 2. The van der Waals surface area contributed by atoms with E-state index in [4.69, 9.17) is 19.9 Å². The molecule has 1 rings (SSSR count). The van der Waals surface area contributed by atoms with Gasteiger partial charge in [-0.05, 0) is 6.42 Å². The summed E-state index contributed by atoms with van der Waals surface area (Å²) in [4.78, 5) is 8.26. The number of hydrogen-bond donors (Lipinski definition) is 2. The molecule has 0 bridgehead atoms. The normalized spacial score (nSPS) is 10.3. The molecule has 0 atom stereocenters. The Kier molecular flexibility index (Phi) is 6.73. The van der Waals surface area contributed by atoms with E-state index in [1.807, 2.05) is 0 Å². The topological polar surface area (TPSA) is 91.5 Å². The van der Waals surface area contributed by atoms with E-state index in [0.29, 0.717) is 30.9 Å². The van der Waals surface area contributed by atoms with Crippen LogP contribution in [0.5, 0.6) is 11.8 Å². The molecule has 0 radical (unpaired) electrons. The lowest BCUT2D eigenvalue weighted by atomic mass is 10.4. The minimum Gasteiger partial charge on any atom is -0.479 e. The van der Waals surface area contributed by atoms with Crippen LogP contribution in [0, 0.1) is 0 Å². The Bertz CT molecular complexity index is 362. The van der Waals surface area contributed by atoms with E-state index in [2.05, 4.69) is 22.2 Å². The Morgan fingerprint density at radius 3 is 2.26 bits per heavy atom. The summed E-state index contributed by atoms with van der Waals surface area (Å²) >= 11 is 0. The largest absolute Gasteiger partial charge is 0.479 e. The van der Waals surface area contributed by atoms with Crippen LogP contribution >= 0.6 is 0 Å². The average Bonchev–Trinajstić information content (AvgIpc) is 2.44. The molecule has 19 heavy (non-hydrogen) atoms. The number of nitrogens with one attached hydrogen (secondary N) is 1. The van der Waals surface area contributed by atoms with Crippen molar-refractivity contribution >= 4 is 11.6 Å². The van der Waals surface area contributed by atoms with E-state index in [1.165, 1.54) is 14.2 Å². The quantitative estimate of drug-likeness (QED) is 0.653. The van der Waals surface area contributed by atoms with Crippen molar-refractivity contribution in [3.05, 3.63) is 0 Å². The van der Waals surface area contributed by atoms with Crippen molar-refractivity contribution in [2.45, 2.75) is 19.8 Å². The van der Waals surface area contributed by atoms with E-state index in [0.717, 1.165) is 19.4 Å². The second kappa shape index (κ2) is 8.36. The lowest BCUT2D eigenvalue weighted by Crippen LogP contribution is -2.13. The number of nitrogens with zero attached hydrogens (tertiary/aromatic N) is 2. The monoisotopic (exact) mass is 270 g/mol. The molecule has 0 unspecified atom stereocenters. The third-order valence-corrected chi connectivity index (χ3v) is 2.43. The molecule has 108 valence electrons. The first-order chi connectivity index (χ1) is 9.22. The van der Waals surface area contributed by atoms with Gasteiger partial charge in [-0.1, -0.05) is 13.3 Å². The van der Waals surface area contributed by atoms with Gasteiger partial charge in [-0.3, -0.25) is 0 Å². The van der Waals surface area contributed by atoms with E-state index in [9.17, 15) is 0 Å². The number of ether oxygens (including phenoxy) is 3. The Morgan fingerprint density at radius 2 is 1.74 bits per heavy atom. The number of nitrogens with two attached hydrogens (primary N) is 1. The number of anilines is 2. The van der Waals surface area contributed by atoms with Crippen LogP contribution in [0.25, 0.3) is 0 Å². The molecule has 0 aliphatic carbocycles. The highest BCUT2D eigenvalue weighted by atomic mass is 16.5. The molecule has 1 aromatic heterocycles. The highest BCUT2D eigenvalue weighted by molar-refractivity contribution is 5.58. The molecule has 0 saturated heterocycles. The van der Waals surface area contributed by atoms with Gasteiger partial charge >= 0.3 is 0 Å². The summed E-state index contributed by atoms with van der Waals surface area (Å²) in [5.74, 6) is 0.990. The fourth-order valence-electron chi connectivity index (χ4n) is 1.40. The number of hydrogen-bond acceptors (Lipinski definition) is 7. The molecule has 7 nitrogen and oxygen atoms in total. The van der Waals surface area contributed by atoms with Crippen LogP contribution in [-0.4, -0.2) is 43.9 Å². The zero-order chi connectivity index (χ0) is 14.1. The van der Waals surface area contributed by atoms with Crippen LogP contribution in [-0.2, 0) is 4.74 Å². The summed E-state index contributed by atoms with van der Waals surface area (Å²) in [6.45, 7) is 4.11. The summed E-state index contributed by atoms with van der Waals surface area (Å²) in [7, 11) is 2.99. The molecule has 1 heterocycles. The maximum Gasteiger partial charge on any atom is 0.245 e. The maximum atomic E-state index is 5.76. The highest BCUT2D eigenvalue weighted by Gasteiger charge is 2.12. The first kappa shape index (κ1) is 15.3. The lowest BCUT2D eigenvalue weighted by molar-refractivity contribution is 0.141. The van der Waals surface area contributed by atoms with Gasteiger partial charge in [0.25, 0.3) is 0 Å². The average molecular weight is 270 g/mol. The van der Waals surface area contributed by atoms with Gasteiger partial charge in [-0.15, -0.1) is 0 Å². The summed E-state index contributed by atoms with van der Waals surface area (Å²) in [6, 6.07) is 0. The molecule has 0 aliphatic heterocycles. The van der Waals surface area contributed by atoms with E-state index < -0.39 is 0 Å². The summed E-state index contributed by atoms with van der Waals surface area (Å²) in [6.07, 6.45) is 2.20. The minimum atomic E-state index is 0.287. The van der Waals surface area contributed by atoms with Gasteiger partial charge in [0.05, 0.1) is 20.8 Å². The molecular formula is C12H22N4O3. The number of methoxy groups -OCH3 is 2. The van der Waals surface area contributed by atoms with Crippen molar-refractivity contribution in [1.29, 1.82) is 0 Å². The second-order valence-corrected chi connectivity index (χ2v) is 3.87. The summed E-state index contributed by atoms with van der Waals surface area (Å²) in [5, 5.41) is 3.04. The lowest BCUT2D eigenvalue weighted by Gasteiger charge is -2.11. The molecule has 0 spiro atoms. The molecule has 3 N–H and O–H groups in total. The molecule has 1 aromatic rings. The van der Waals surface area contributed by atoms with Crippen molar-refractivity contribution in [1.82, 2.24) is 9.97 Å². The van der Waals surface area contributed by atoms with Crippen LogP contribution in [0.3, 0.4) is 0 Å². The fraction of sp³-hybridized carbons (Fsp3) is 0.667. The Labute approximate surface area is 113 Å². The third-order valence-electron chi connectivity index (χ3n) is 2.43. The highest BCUT2D eigenvalue weighted by Crippen LogP contribution is 2.28. The second-order valence-electron chi connectivity index (χ2n) is 3.87. The van der Waals surface area contributed by atoms with E-state index in [1.54, 1.807) is 0 Å². The van der Waals surface area contributed by atoms with Gasteiger partial charge < -0.3 is 25.3 Å². The van der Waals surface area contributed by atoms with Crippen LogP contribution in [0.4, 0.5) is 11.6 Å². The Morgan fingerprint density at radius 1 is 1.11 bits per heavy atom. The Hall–Kier alpha value is -1.76. The molecule has 7 heteroatoms. The van der Waals surface area contributed by atoms with Crippen molar-refractivity contribution < 1.29 is 14.2 Å². The molecule has 0 saturated carbocycles. The van der Waals surface area contributed by atoms with Gasteiger partial charge in [0, 0.05) is 13.2 Å². The van der Waals surface area contributed by atoms with Crippen molar-refractivity contribution in [2.24, 2.45) is 0 Å². The zero-order valence-electron chi connectivity index (χ0n) is 11.7. The summed E-state index contributed by atoms with van der Waals surface area (Å²) in [5.41, 5.74) is 6.04. The van der Waals surface area contributed by atoms with Crippen LogP contribution in [0.2, 0.25) is 0 Å². The van der Waals surface area contributed by atoms with Crippen molar-refractivity contribution in [2.75, 3.05) is 45.0 Å².